The molecule has 1 unspecified atom stereocenters. The number of methoxy groups -OCH3 is 2. The van der Waals surface area contributed by atoms with Crippen LogP contribution in [0.4, 0.5) is 9.18 Å². The van der Waals surface area contributed by atoms with E-state index in [4.69, 9.17) is 14.2 Å². The molecule has 0 fully saturated rings. The van der Waals surface area contributed by atoms with Gasteiger partial charge in [-0.25, -0.2) is 17.5 Å². The van der Waals surface area contributed by atoms with E-state index in [0.29, 0.717) is 29.8 Å². The number of benzene rings is 2. The molecule has 1 aliphatic heterocycles. The monoisotopic (exact) mass is 527 g/mol. The lowest BCUT2D eigenvalue weighted by atomic mass is 10.0. The summed E-state index contributed by atoms with van der Waals surface area (Å²) in [6.45, 7) is 2.54. The lowest BCUT2D eigenvalue weighted by Gasteiger charge is -2.27. The maximum atomic E-state index is 13.7. The van der Waals surface area contributed by atoms with Crippen molar-refractivity contribution >= 4 is 33.1 Å². The summed E-state index contributed by atoms with van der Waals surface area (Å²) in [6.07, 6.45) is 1.00. The molecule has 0 bridgehead atoms. The molecule has 190 valence electrons. The van der Waals surface area contributed by atoms with Crippen LogP contribution in [0.2, 0.25) is 0 Å². The molecule has 0 radical (unpaired) electrons. The van der Waals surface area contributed by atoms with E-state index in [1.807, 2.05) is 11.6 Å². The predicted octanol–water partition coefficient (Wildman–Crippen LogP) is 2.62. The molecule has 0 aliphatic carbocycles. The second kappa shape index (κ2) is 11.6. The lowest BCUT2D eigenvalue weighted by molar-refractivity contribution is 0.0911. The first-order valence-corrected chi connectivity index (χ1v) is 12.9. The molecule has 1 atom stereocenters. The van der Waals surface area contributed by atoms with E-state index in [-0.39, 0.29) is 35.0 Å². The van der Waals surface area contributed by atoms with Crippen molar-refractivity contribution in [2.45, 2.75) is 30.7 Å². The van der Waals surface area contributed by atoms with Crippen molar-refractivity contribution in [3.63, 3.8) is 0 Å². The van der Waals surface area contributed by atoms with Crippen LogP contribution in [0.3, 0.4) is 0 Å². The number of hydrogen-bond acceptors (Lipinski definition) is 9. The van der Waals surface area contributed by atoms with Crippen molar-refractivity contribution in [1.82, 2.24) is 14.8 Å². The number of halogens is 1. The number of amides is 2. The molecular formula is C22H26FN3O7S2. The molecule has 1 heterocycles. The SMILES string of the molecule is CCCNSC(=O)NS(=O)(=O)c1cc2c(cc1OC)OCC(NC(=O)c1cc(F)ccc1OC)C2. The minimum atomic E-state index is -4.26. The van der Waals surface area contributed by atoms with Gasteiger partial charge >= 0.3 is 5.24 Å². The largest absolute Gasteiger partial charge is 0.496 e. The Hall–Kier alpha value is -3.03. The molecule has 0 saturated heterocycles. The van der Waals surface area contributed by atoms with Gasteiger partial charge in [0.25, 0.3) is 15.9 Å². The van der Waals surface area contributed by atoms with Crippen LogP contribution in [0, 0.1) is 5.82 Å². The Kier molecular flexibility index (Phi) is 8.81. The van der Waals surface area contributed by atoms with Gasteiger partial charge in [-0.3, -0.25) is 14.3 Å². The molecule has 0 aromatic heterocycles. The van der Waals surface area contributed by atoms with Crippen molar-refractivity contribution in [1.29, 1.82) is 0 Å². The highest BCUT2D eigenvalue weighted by Gasteiger charge is 2.29. The standard InChI is InChI=1S/C22H26FN3O7S2/c1-4-7-24-34-22(28)26-35(29,30)20-9-13-8-15(12-33-18(13)11-19(20)32-3)25-21(27)16-10-14(23)5-6-17(16)31-2/h5-6,9-11,15,24H,4,7-8,12H2,1-3H3,(H,25,27)(H,26,28). The van der Waals surface area contributed by atoms with Gasteiger partial charge in [-0.2, -0.15) is 0 Å². The predicted molar refractivity (Wildman–Crippen MR) is 128 cm³/mol. The quantitative estimate of drug-likeness (QED) is 0.333. The second-order valence-electron chi connectivity index (χ2n) is 7.53. The first-order valence-electron chi connectivity index (χ1n) is 10.6. The smallest absolute Gasteiger partial charge is 0.307 e. The molecule has 2 aromatic carbocycles. The van der Waals surface area contributed by atoms with E-state index in [1.54, 1.807) is 0 Å². The molecule has 10 nitrogen and oxygen atoms in total. The van der Waals surface area contributed by atoms with Crippen molar-refractivity contribution in [2.24, 2.45) is 0 Å². The summed E-state index contributed by atoms with van der Waals surface area (Å²) in [5, 5.41) is 1.96. The van der Waals surface area contributed by atoms with E-state index in [2.05, 4.69) is 10.0 Å². The summed E-state index contributed by atoms with van der Waals surface area (Å²) in [4.78, 5) is 24.5. The normalized spacial score (nSPS) is 14.9. The first kappa shape index (κ1) is 26.6. The summed E-state index contributed by atoms with van der Waals surface area (Å²) in [7, 11) is -1.58. The molecule has 2 aromatic rings. The minimum Gasteiger partial charge on any atom is -0.496 e. The van der Waals surface area contributed by atoms with Crippen LogP contribution in [0.1, 0.15) is 29.3 Å². The van der Waals surface area contributed by atoms with Crippen molar-refractivity contribution in [3.05, 3.63) is 47.3 Å². The van der Waals surface area contributed by atoms with Gasteiger partial charge in [0.1, 0.15) is 34.6 Å². The van der Waals surface area contributed by atoms with E-state index < -0.39 is 33.0 Å². The Bertz CT molecular complexity index is 1210. The zero-order valence-corrected chi connectivity index (χ0v) is 21.0. The molecule has 13 heteroatoms. The van der Waals surface area contributed by atoms with E-state index >= 15 is 0 Å². The van der Waals surface area contributed by atoms with Crippen molar-refractivity contribution in [2.75, 3.05) is 27.4 Å². The fraction of sp³-hybridized carbons (Fsp3) is 0.364. The maximum absolute atomic E-state index is 13.7. The molecule has 3 rings (SSSR count). The summed E-state index contributed by atoms with van der Waals surface area (Å²) in [5.41, 5.74) is 0.506. The average molecular weight is 528 g/mol. The Labute approximate surface area is 207 Å². The second-order valence-corrected chi connectivity index (χ2v) is 10.0. The number of ether oxygens (including phenoxy) is 3. The Morgan fingerprint density at radius 1 is 1.17 bits per heavy atom. The third-order valence-electron chi connectivity index (χ3n) is 5.02. The third-order valence-corrected chi connectivity index (χ3v) is 7.14. The van der Waals surface area contributed by atoms with Crippen molar-refractivity contribution in [3.8, 4) is 17.2 Å². The van der Waals surface area contributed by atoms with Gasteiger partial charge in [-0.1, -0.05) is 6.92 Å². The summed E-state index contributed by atoms with van der Waals surface area (Å²) >= 11 is 0.645. The van der Waals surface area contributed by atoms with Gasteiger partial charge in [0.05, 0.1) is 25.8 Å². The number of nitrogens with one attached hydrogen (secondary N) is 3. The van der Waals surface area contributed by atoms with Crippen LogP contribution in [-0.2, 0) is 16.4 Å². The molecule has 0 spiro atoms. The molecule has 35 heavy (non-hydrogen) atoms. The highest BCUT2D eigenvalue weighted by molar-refractivity contribution is 8.13. The average Bonchev–Trinajstić information content (AvgIpc) is 2.83. The van der Waals surface area contributed by atoms with Gasteiger partial charge in [-0.15, -0.1) is 0 Å². The Morgan fingerprint density at radius 2 is 1.91 bits per heavy atom. The van der Waals surface area contributed by atoms with Gasteiger partial charge in [0, 0.05) is 24.6 Å². The summed E-state index contributed by atoms with van der Waals surface area (Å²) < 4.78 is 60.2. The van der Waals surface area contributed by atoms with E-state index in [1.165, 1.54) is 38.5 Å². The van der Waals surface area contributed by atoms with Crippen LogP contribution in [0.5, 0.6) is 17.2 Å². The fourth-order valence-corrected chi connectivity index (χ4v) is 5.35. The summed E-state index contributed by atoms with van der Waals surface area (Å²) in [6, 6.07) is 5.83. The van der Waals surface area contributed by atoms with Crippen LogP contribution in [0.15, 0.2) is 35.2 Å². The van der Waals surface area contributed by atoms with E-state index in [0.717, 1.165) is 12.5 Å². The number of fused-ring (bicyclic) bond motifs is 1. The fourth-order valence-electron chi connectivity index (χ4n) is 3.38. The van der Waals surface area contributed by atoms with Gasteiger partial charge in [-0.05, 0) is 42.7 Å². The van der Waals surface area contributed by atoms with Crippen LogP contribution >= 0.6 is 11.9 Å². The van der Waals surface area contributed by atoms with E-state index in [9.17, 15) is 22.4 Å². The topological polar surface area (TPSA) is 132 Å². The Balaban J connectivity index is 1.79. The molecule has 1 aliphatic rings. The zero-order chi connectivity index (χ0) is 25.6. The lowest BCUT2D eigenvalue weighted by Crippen LogP contribution is -2.43. The maximum Gasteiger partial charge on any atom is 0.307 e. The number of sulfonamides is 1. The van der Waals surface area contributed by atoms with Gasteiger partial charge in [0.2, 0.25) is 0 Å². The van der Waals surface area contributed by atoms with Gasteiger partial charge in [0.15, 0.2) is 0 Å². The third kappa shape index (κ3) is 6.55. The molecule has 3 N–H and O–H groups in total. The zero-order valence-electron chi connectivity index (χ0n) is 19.3. The first-order chi connectivity index (χ1) is 16.7. The van der Waals surface area contributed by atoms with Crippen LogP contribution in [-0.4, -0.2) is 53.0 Å². The van der Waals surface area contributed by atoms with Crippen LogP contribution < -0.4 is 29.0 Å². The molecular weight excluding hydrogens is 501 g/mol. The minimum absolute atomic E-state index is 0.00236. The van der Waals surface area contributed by atoms with Crippen molar-refractivity contribution < 1.29 is 36.6 Å². The number of carbonyl (C=O) groups excluding carboxylic acids is 2. The number of rotatable bonds is 9. The molecule has 0 saturated carbocycles. The van der Waals surface area contributed by atoms with Gasteiger partial charge < -0.3 is 19.5 Å². The van der Waals surface area contributed by atoms with Crippen LogP contribution in [0.25, 0.3) is 0 Å². The highest BCUT2D eigenvalue weighted by Crippen LogP contribution is 2.35. The summed E-state index contributed by atoms with van der Waals surface area (Å²) in [5.74, 6) is -0.555. The molecule has 2 amide bonds. The highest BCUT2D eigenvalue weighted by atomic mass is 32.2. The number of hydrogen-bond donors (Lipinski definition) is 3. The Morgan fingerprint density at radius 3 is 2.60 bits per heavy atom. The number of carbonyl (C=O) groups is 2.